The molecule has 0 aromatic carbocycles. The van der Waals surface area contributed by atoms with E-state index in [9.17, 15) is 0 Å². The normalized spacial score (nSPS) is 12.8. The van der Waals surface area contributed by atoms with E-state index in [1.807, 2.05) is 7.05 Å². The van der Waals surface area contributed by atoms with Gasteiger partial charge in [-0.05, 0) is 13.3 Å². The summed E-state index contributed by atoms with van der Waals surface area (Å²) in [4.78, 5) is 0. The molecule has 121 valence electrons. The number of rotatable bonds is 16. The van der Waals surface area contributed by atoms with Gasteiger partial charge in [0.2, 0.25) is 0 Å². The monoisotopic (exact) mass is 282 g/mol. The molecule has 0 saturated carbocycles. The summed E-state index contributed by atoms with van der Waals surface area (Å²) in [5.74, 6) is 0. The van der Waals surface area contributed by atoms with E-state index in [4.69, 9.17) is 0 Å². The Morgan fingerprint density at radius 1 is 0.600 bits per heavy atom. The third-order valence-electron chi connectivity index (χ3n) is 4.42. The maximum Gasteiger partial charge on any atom is 0.0214 e. The van der Waals surface area contributed by atoms with Gasteiger partial charge in [-0.25, -0.2) is 5.32 Å². The van der Waals surface area contributed by atoms with E-state index >= 15 is 0 Å². The summed E-state index contributed by atoms with van der Waals surface area (Å²) < 4.78 is 0. The highest BCUT2D eigenvalue weighted by Crippen LogP contribution is 2.13. The number of nitrogens with zero attached hydrogens (tertiary/aromatic N) is 1. The van der Waals surface area contributed by atoms with Gasteiger partial charge in [0.05, 0.1) is 0 Å². The first-order chi connectivity index (χ1) is 9.81. The fraction of sp³-hybridized carbons (Fsp3) is 1.00. The Hall–Kier alpha value is -0.0400. The van der Waals surface area contributed by atoms with Crippen LogP contribution in [-0.4, -0.2) is 13.1 Å². The second-order valence-corrected chi connectivity index (χ2v) is 6.49. The average molecular weight is 283 g/mol. The summed E-state index contributed by atoms with van der Waals surface area (Å²) in [6, 6.07) is 0.576. The van der Waals surface area contributed by atoms with Crippen LogP contribution in [0, 0.1) is 0 Å². The van der Waals surface area contributed by atoms with Crippen molar-refractivity contribution in [3.05, 3.63) is 0 Å². The maximum atomic E-state index is 4.29. The van der Waals surface area contributed by atoms with Gasteiger partial charge in [-0.1, -0.05) is 96.8 Å². The van der Waals surface area contributed by atoms with E-state index < -0.39 is 0 Å². The van der Waals surface area contributed by atoms with E-state index in [-0.39, 0.29) is 0 Å². The molecule has 0 heterocycles. The van der Waals surface area contributed by atoms with Gasteiger partial charge in [0, 0.05) is 13.1 Å². The summed E-state index contributed by atoms with van der Waals surface area (Å²) in [5.41, 5.74) is 0. The molecule has 0 fully saturated rings. The highest BCUT2D eigenvalue weighted by molar-refractivity contribution is 4.56. The molecule has 1 nitrogen and oxygen atoms in total. The van der Waals surface area contributed by atoms with Crippen LogP contribution in [0.5, 0.6) is 0 Å². The Balaban J connectivity index is 2.96. The molecule has 0 aromatic rings. The van der Waals surface area contributed by atoms with Gasteiger partial charge in [0.25, 0.3) is 0 Å². The van der Waals surface area contributed by atoms with E-state index in [0.29, 0.717) is 6.04 Å². The van der Waals surface area contributed by atoms with Crippen molar-refractivity contribution in [1.82, 2.24) is 5.32 Å². The van der Waals surface area contributed by atoms with Crippen molar-refractivity contribution < 1.29 is 0 Å². The lowest BCUT2D eigenvalue weighted by atomic mass is 10.0. The zero-order valence-electron chi connectivity index (χ0n) is 14.6. The van der Waals surface area contributed by atoms with Crippen LogP contribution in [0.15, 0.2) is 0 Å². The predicted molar refractivity (Wildman–Crippen MR) is 92.4 cm³/mol. The first-order valence-corrected chi connectivity index (χ1v) is 9.40. The van der Waals surface area contributed by atoms with Crippen molar-refractivity contribution in [3.8, 4) is 0 Å². The van der Waals surface area contributed by atoms with Crippen molar-refractivity contribution in [2.75, 3.05) is 7.05 Å². The molecule has 0 bridgehead atoms. The molecule has 1 heteroatoms. The minimum absolute atomic E-state index is 0.576. The van der Waals surface area contributed by atoms with Gasteiger partial charge in [-0.3, -0.25) is 0 Å². The van der Waals surface area contributed by atoms with Crippen LogP contribution in [-0.2, 0) is 0 Å². The summed E-state index contributed by atoms with van der Waals surface area (Å²) in [7, 11) is 1.94. The quantitative estimate of drug-likeness (QED) is 0.288. The highest BCUT2D eigenvalue weighted by Gasteiger charge is 1.98. The zero-order valence-corrected chi connectivity index (χ0v) is 14.6. The van der Waals surface area contributed by atoms with E-state index in [0.717, 1.165) is 0 Å². The number of hydrogen-bond donors (Lipinski definition) is 0. The smallest absolute Gasteiger partial charge is 0.0214 e. The molecule has 1 atom stereocenters. The first kappa shape index (κ1) is 20.0. The highest BCUT2D eigenvalue weighted by atomic mass is 14.8. The Bertz CT molecular complexity index is 167. The molecule has 20 heavy (non-hydrogen) atoms. The molecule has 0 aliphatic carbocycles. The molecular formula is C19H40N. The molecular weight excluding hydrogens is 242 g/mol. The fourth-order valence-corrected chi connectivity index (χ4v) is 2.76. The molecule has 1 unspecified atom stereocenters. The number of hydrogen-bond acceptors (Lipinski definition) is 0. The molecule has 0 aliphatic rings. The minimum Gasteiger partial charge on any atom is -0.242 e. The Kier molecular flexibility index (Phi) is 17.0. The standard InChI is InChI=1S/C19H40N/c1-4-5-6-7-8-9-10-11-12-13-14-15-16-17-18-19(2)20-3/h19H,4-18H2,1-3H3. The maximum absolute atomic E-state index is 4.29. The molecule has 0 amide bonds. The second kappa shape index (κ2) is 17.0. The van der Waals surface area contributed by atoms with Crippen LogP contribution in [0.2, 0.25) is 0 Å². The fourth-order valence-electron chi connectivity index (χ4n) is 2.76. The third-order valence-corrected chi connectivity index (χ3v) is 4.42. The van der Waals surface area contributed by atoms with Crippen molar-refractivity contribution >= 4 is 0 Å². The van der Waals surface area contributed by atoms with Crippen molar-refractivity contribution in [3.63, 3.8) is 0 Å². The Morgan fingerprint density at radius 2 is 0.950 bits per heavy atom. The van der Waals surface area contributed by atoms with Gasteiger partial charge in [-0.15, -0.1) is 0 Å². The second-order valence-electron chi connectivity index (χ2n) is 6.49. The lowest BCUT2D eigenvalue weighted by Crippen LogP contribution is -2.13. The summed E-state index contributed by atoms with van der Waals surface area (Å²) in [6.07, 6.45) is 21.5. The van der Waals surface area contributed by atoms with E-state index in [2.05, 4.69) is 19.2 Å². The number of unbranched alkanes of at least 4 members (excludes halogenated alkanes) is 13. The van der Waals surface area contributed by atoms with Crippen molar-refractivity contribution in [2.24, 2.45) is 0 Å². The molecule has 0 aliphatic heterocycles. The van der Waals surface area contributed by atoms with Crippen LogP contribution < -0.4 is 5.32 Å². The first-order valence-electron chi connectivity index (χ1n) is 9.40. The Labute approximate surface area is 129 Å². The van der Waals surface area contributed by atoms with Gasteiger partial charge in [0.1, 0.15) is 0 Å². The summed E-state index contributed by atoms with van der Waals surface area (Å²) >= 11 is 0. The lowest BCUT2D eigenvalue weighted by molar-refractivity contribution is 0.495. The minimum atomic E-state index is 0.576. The lowest BCUT2D eigenvalue weighted by Gasteiger charge is -2.07. The summed E-state index contributed by atoms with van der Waals surface area (Å²) in [5, 5.41) is 4.29. The van der Waals surface area contributed by atoms with E-state index in [1.54, 1.807) is 0 Å². The Morgan fingerprint density at radius 3 is 1.30 bits per heavy atom. The predicted octanol–water partition coefficient (Wildman–Crippen LogP) is 6.48. The van der Waals surface area contributed by atoms with Gasteiger partial charge >= 0.3 is 0 Å². The molecule has 0 saturated heterocycles. The molecule has 1 radical (unpaired) electrons. The third kappa shape index (κ3) is 16.0. The molecule has 0 spiro atoms. The van der Waals surface area contributed by atoms with Crippen LogP contribution in [0.25, 0.3) is 0 Å². The summed E-state index contributed by atoms with van der Waals surface area (Å²) in [6.45, 7) is 4.52. The van der Waals surface area contributed by atoms with Gasteiger partial charge in [-0.2, -0.15) is 0 Å². The van der Waals surface area contributed by atoms with Crippen LogP contribution in [0.4, 0.5) is 0 Å². The van der Waals surface area contributed by atoms with Gasteiger partial charge < -0.3 is 0 Å². The van der Waals surface area contributed by atoms with Crippen LogP contribution in [0.3, 0.4) is 0 Å². The van der Waals surface area contributed by atoms with Crippen molar-refractivity contribution in [2.45, 2.75) is 116 Å². The van der Waals surface area contributed by atoms with Gasteiger partial charge in [0.15, 0.2) is 0 Å². The SMILES string of the molecule is CCCCCCCCCCCCCCCCC(C)[N]C. The van der Waals surface area contributed by atoms with Crippen LogP contribution >= 0.6 is 0 Å². The van der Waals surface area contributed by atoms with E-state index in [1.165, 1.54) is 96.3 Å². The van der Waals surface area contributed by atoms with Crippen molar-refractivity contribution in [1.29, 1.82) is 0 Å². The van der Waals surface area contributed by atoms with Crippen LogP contribution in [0.1, 0.15) is 110 Å². The molecule has 0 aromatic heterocycles. The topological polar surface area (TPSA) is 14.1 Å². The largest absolute Gasteiger partial charge is 0.242 e. The molecule has 0 N–H and O–H groups in total. The average Bonchev–Trinajstić information content (AvgIpc) is 2.47. The zero-order chi connectivity index (χ0) is 14.9. The molecule has 0 rings (SSSR count).